The Morgan fingerprint density at radius 2 is 1.95 bits per heavy atom. The SMILES string of the molecule is CCC(CO)(CCCN1CCC(C)CC1)NC(C)C. The van der Waals surface area contributed by atoms with Gasteiger partial charge >= 0.3 is 0 Å². The van der Waals surface area contributed by atoms with E-state index < -0.39 is 0 Å². The first-order chi connectivity index (χ1) is 9.01. The Hall–Kier alpha value is -0.120. The Balaban J connectivity index is 2.31. The molecule has 2 N–H and O–H groups in total. The van der Waals surface area contributed by atoms with Gasteiger partial charge in [0.25, 0.3) is 0 Å². The highest BCUT2D eigenvalue weighted by molar-refractivity contribution is 4.88. The van der Waals surface area contributed by atoms with Gasteiger partial charge in [-0.15, -0.1) is 0 Å². The summed E-state index contributed by atoms with van der Waals surface area (Å²) in [5.74, 6) is 0.908. The topological polar surface area (TPSA) is 35.5 Å². The molecular weight excluding hydrogens is 236 g/mol. The van der Waals surface area contributed by atoms with Crippen molar-refractivity contribution in [2.75, 3.05) is 26.2 Å². The maximum absolute atomic E-state index is 9.72. The molecule has 0 aromatic carbocycles. The second-order valence-electron chi connectivity index (χ2n) is 6.72. The summed E-state index contributed by atoms with van der Waals surface area (Å²) in [5.41, 5.74) is -0.0722. The zero-order valence-electron chi connectivity index (χ0n) is 13.4. The fraction of sp³-hybridized carbons (Fsp3) is 1.00. The number of rotatable bonds is 8. The van der Waals surface area contributed by atoms with Crippen LogP contribution < -0.4 is 5.32 Å². The van der Waals surface area contributed by atoms with Gasteiger partial charge in [0.05, 0.1) is 6.61 Å². The van der Waals surface area contributed by atoms with Gasteiger partial charge in [-0.05, 0) is 57.7 Å². The number of nitrogens with zero attached hydrogens (tertiary/aromatic N) is 1. The molecule has 3 nitrogen and oxygen atoms in total. The summed E-state index contributed by atoms with van der Waals surface area (Å²) in [6.45, 7) is 12.8. The summed E-state index contributed by atoms with van der Waals surface area (Å²) in [6.07, 6.45) is 5.96. The Labute approximate surface area is 119 Å². The van der Waals surface area contributed by atoms with Gasteiger partial charge in [-0.2, -0.15) is 0 Å². The van der Waals surface area contributed by atoms with E-state index in [0.717, 1.165) is 18.8 Å². The van der Waals surface area contributed by atoms with Crippen molar-refractivity contribution in [2.24, 2.45) is 5.92 Å². The van der Waals surface area contributed by atoms with Crippen molar-refractivity contribution >= 4 is 0 Å². The van der Waals surface area contributed by atoms with Gasteiger partial charge in [-0.3, -0.25) is 0 Å². The van der Waals surface area contributed by atoms with Gasteiger partial charge in [0.2, 0.25) is 0 Å². The fourth-order valence-electron chi connectivity index (χ4n) is 3.13. The smallest absolute Gasteiger partial charge is 0.0613 e. The van der Waals surface area contributed by atoms with Gasteiger partial charge in [0, 0.05) is 11.6 Å². The van der Waals surface area contributed by atoms with Gasteiger partial charge in [-0.25, -0.2) is 0 Å². The van der Waals surface area contributed by atoms with Gasteiger partial charge in [0.1, 0.15) is 0 Å². The first-order valence-corrected chi connectivity index (χ1v) is 8.12. The van der Waals surface area contributed by atoms with Crippen LogP contribution in [0.5, 0.6) is 0 Å². The lowest BCUT2D eigenvalue weighted by atomic mass is 9.90. The summed E-state index contributed by atoms with van der Waals surface area (Å²) in [7, 11) is 0. The van der Waals surface area contributed by atoms with E-state index in [-0.39, 0.29) is 12.1 Å². The second kappa shape index (κ2) is 8.23. The van der Waals surface area contributed by atoms with Crippen LogP contribution in [0.3, 0.4) is 0 Å². The minimum absolute atomic E-state index is 0.0722. The highest BCUT2D eigenvalue weighted by Crippen LogP contribution is 2.20. The van der Waals surface area contributed by atoms with E-state index >= 15 is 0 Å². The van der Waals surface area contributed by atoms with E-state index in [0.29, 0.717) is 6.04 Å². The highest BCUT2D eigenvalue weighted by Gasteiger charge is 2.27. The molecular formula is C16H34N2O. The van der Waals surface area contributed by atoms with Gasteiger partial charge in [0.15, 0.2) is 0 Å². The second-order valence-corrected chi connectivity index (χ2v) is 6.72. The molecule has 1 rings (SSSR count). The Kier molecular flexibility index (Phi) is 7.33. The molecule has 1 saturated heterocycles. The summed E-state index contributed by atoms with van der Waals surface area (Å²) in [6, 6.07) is 0.433. The average Bonchev–Trinajstić information content (AvgIpc) is 2.39. The fourth-order valence-corrected chi connectivity index (χ4v) is 3.13. The molecule has 0 aromatic rings. The Bertz CT molecular complexity index is 231. The van der Waals surface area contributed by atoms with Crippen LogP contribution in [-0.4, -0.2) is 47.8 Å². The lowest BCUT2D eigenvalue weighted by Gasteiger charge is -2.36. The van der Waals surface area contributed by atoms with Crippen molar-refractivity contribution in [3.05, 3.63) is 0 Å². The number of nitrogens with one attached hydrogen (secondary N) is 1. The van der Waals surface area contributed by atoms with Crippen LogP contribution >= 0.6 is 0 Å². The van der Waals surface area contributed by atoms with Crippen molar-refractivity contribution < 1.29 is 5.11 Å². The van der Waals surface area contributed by atoms with Crippen molar-refractivity contribution in [3.63, 3.8) is 0 Å². The zero-order chi connectivity index (χ0) is 14.3. The molecule has 0 radical (unpaired) electrons. The molecule has 3 heteroatoms. The first kappa shape index (κ1) is 16.9. The maximum atomic E-state index is 9.72. The lowest BCUT2D eigenvalue weighted by Crippen LogP contribution is -2.51. The molecule has 1 aliphatic rings. The normalized spacial score (nSPS) is 21.8. The van der Waals surface area contributed by atoms with Crippen molar-refractivity contribution in [1.82, 2.24) is 10.2 Å². The van der Waals surface area contributed by atoms with Crippen LogP contribution in [0.1, 0.15) is 59.8 Å². The molecule has 1 aliphatic heterocycles. The number of hydrogen-bond acceptors (Lipinski definition) is 3. The molecule has 19 heavy (non-hydrogen) atoms. The highest BCUT2D eigenvalue weighted by atomic mass is 16.3. The van der Waals surface area contributed by atoms with Crippen LogP contribution in [0, 0.1) is 5.92 Å². The number of hydrogen-bond donors (Lipinski definition) is 2. The number of aliphatic hydroxyl groups excluding tert-OH is 1. The number of piperidine rings is 1. The van der Waals surface area contributed by atoms with Crippen LogP contribution in [0.15, 0.2) is 0 Å². The Morgan fingerprint density at radius 3 is 2.42 bits per heavy atom. The maximum Gasteiger partial charge on any atom is 0.0613 e. The molecule has 1 unspecified atom stereocenters. The molecule has 0 aliphatic carbocycles. The van der Waals surface area contributed by atoms with Crippen LogP contribution in [-0.2, 0) is 0 Å². The zero-order valence-corrected chi connectivity index (χ0v) is 13.4. The van der Waals surface area contributed by atoms with E-state index in [9.17, 15) is 5.11 Å². The monoisotopic (exact) mass is 270 g/mol. The summed E-state index contributed by atoms with van der Waals surface area (Å²) >= 11 is 0. The van der Waals surface area contributed by atoms with Crippen molar-refractivity contribution in [2.45, 2.75) is 71.4 Å². The number of likely N-dealkylation sites (tertiary alicyclic amines) is 1. The Morgan fingerprint density at radius 1 is 1.32 bits per heavy atom. The molecule has 0 aromatic heterocycles. The predicted octanol–water partition coefficient (Wildman–Crippen LogP) is 2.64. The van der Waals surface area contributed by atoms with E-state index in [2.05, 4.69) is 37.9 Å². The van der Waals surface area contributed by atoms with Crippen LogP contribution in [0.4, 0.5) is 0 Å². The van der Waals surface area contributed by atoms with Gasteiger partial charge in [-0.1, -0.05) is 27.7 Å². The quantitative estimate of drug-likeness (QED) is 0.712. The third kappa shape index (κ3) is 5.80. The van der Waals surface area contributed by atoms with E-state index in [4.69, 9.17) is 0 Å². The number of aliphatic hydroxyl groups is 1. The van der Waals surface area contributed by atoms with Crippen molar-refractivity contribution in [1.29, 1.82) is 0 Å². The van der Waals surface area contributed by atoms with E-state index in [1.54, 1.807) is 0 Å². The minimum atomic E-state index is -0.0722. The van der Waals surface area contributed by atoms with E-state index in [1.165, 1.54) is 38.9 Å². The standard InChI is InChI=1S/C16H34N2O/c1-5-16(13-19,17-14(2)3)9-6-10-18-11-7-15(4)8-12-18/h14-15,17,19H,5-13H2,1-4H3. The van der Waals surface area contributed by atoms with E-state index in [1.807, 2.05) is 0 Å². The summed E-state index contributed by atoms with van der Waals surface area (Å²) < 4.78 is 0. The summed E-state index contributed by atoms with van der Waals surface area (Å²) in [5, 5.41) is 13.3. The molecule has 0 amide bonds. The molecule has 1 fully saturated rings. The molecule has 0 saturated carbocycles. The first-order valence-electron chi connectivity index (χ1n) is 8.12. The average molecular weight is 270 g/mol. The predicted molar refractivity (Wildman–Crippen MR) is 82.5 cm³/mol. The molecule has 0 spiro atoms. The largest absolute Gasteiger partial charge is 0.394 e. The van der Waals surface area contributed by atoms with Crippen molar-refractivity contribution in [3.8, 4) is 0 Å². The molecule has 1 atom stereocenters. The third-order valence-electron chi connectivity index (χ3n) is 4.58. The minimum Gasteiger partial charge on any atom is -0.394 e. The van der Waals surface area contributed by atoms with Crippen LogP contribution in [0.25, 0.3) is 0 Å². The summed E-state index contributed by atoms with van der Waals surface area (Å²) in [4.78, 5) is 2.59. The molecule has 114 valence electrons. The van der Waals surface area contributed by atoms with Crippen LogP contribution in [0.2, 0.25) is 0 Å². The van der Waals surface area contributed by atoms with Gasteiger partial charge < -0.3 is 15.3 Å². The third-order valence-corrected chi connectivity index (χ3v) is 4.58. The molecule has 1 heterocycles. The molecule has 0 bridgehead atoms. The lowest BCUT2D eigenvalue weighted by molar-refractivity contribution is 0.125.